The van der Waals surface area contributed by atoms with Crippen LogP contribution in [0, 0.1) is 0 Å². The van der Waals surface area contributed by atoms with E-state index in [1.54, 1.807) is 14.2 Å². The van der Waals surface area contributed by atoms with Crippen LogP contribution in [0.1, 0.15) is 33.1 Å². The van der Waals surface area contributed by atoms with Crippen LogP contribution in [0.3, 0.4) is 0 Å². The average molecular weight is 246 g/mol. The van der Waals surface area contributed by atoms with Crippen LogP contribution in [0.5, 0.6) is 0 Å². The van der Waals surface area contributed by atoms with E-state index >= 15 is 0 Å². The summed E-state index contributed by atoms with van der Waals surface area (Å²) in [5.74, 6) is 0. The molecule has 2 atom stereocenters. The second-order valence-corrected chi connectivity index (χ2v) is 4.69. The first-order valence-electron chi connectivity index (χ1n) is 6.63. The Morgan fingerprint density at radius 1 is 1.24 bits per heavy atom. The lowest BCUT2D eigenvalue weighted by Gasteiger charge is -2.30. The zero-order valence-corrected chi connectivity index (χ0v) is 11.9. The van der Waals surface area contributed by atoms with Crippen LogP contribution in [0.15, 0.2) is 0 Å². The van der Waals surface area contributed by atoms with Gasteiger partial charge in [-0.2, -0.15) is 0 Å². The Kier molecular flexibility index (Phi) is 10.9. The zero-order valence-electron chi connectivity index (χ0n) is 11.9. The van der Waals surface area contributed by atoms with Crippen molar-refractivity contribution in [3.8, 4) is 0 Å². The molecule has 0 aliphatic carbocycles. The fraction of sp³-hybridized carbons (Fsp3) is 1.00. The monoisotopic (exact) mass is 246 g/mol. The number of ether oxygens (including phenoxy) is 2. The second kappa shape index (κ2) is 11.0. The smallest absolute Gasteiger partial charge is 0.0615 e. The maximum absolute atomic E-state index is 6.14. The number of nitrogens with zero attached hydrogens (tertiary/aromatic N) is 1. The van der Waals surface area contributed by atoms with Crippen molar-refractivity contribution in [2.45, 2.75) is 45.2 Å². The minimum Gasteiger partial charge on any atom is -0.383 e. The van der Waals surface area contributed by atoms with Gasteiger partial charge in [-0.25, -0.2) is 0 Å². The zero-order chi connectivity index (χ0) is 13.1. The highest BCUT2D eigenvalue weighted by Crippen LogP contribution is 2.05. The van der Waals surface area contributed by atoms with Crippen LogP contribution in [0.2, 0.25) is 0 Å². The summed E-state index contributed by atoms with van der Waals surface area (Å²) in [6.07, 6.45) is 3.51. The molecule has 0 aromatic heterocycles. The Labute approximate surface area is 106 Å². The van der Waals surface area contributed by atoms with E-state index in [1.807, 2.05) is 0 Å². The van der Waals surface area contributed by atoms with E-state index in [-0.39, 0.29) is 6.04 Å². The second-order valence-electron chi connectivity index (χ2n) is 4.69. The Balaban J connectivity index is 4.06. The van der Waals surface area contributed by atoms with Crippen molar-refractivity contribution < 1.29 is 9.47 Å². The highest BCUT2D eigenvalue weighted by atomic mass is 16.5. The minimum absolute atomic E-state index is 0.256. The van der Waals surface area contributed by atoms with Crippen LogP contribution in [-0.2, 0) is 9.47 Å². The molecule has 0 aromatic rings. The summed E-state index contributed by atoms with van der Waals surface area (Å²) < 4.78 is 10.3. The van der Waals surface area contributed by atoms with Crippen LogP contribution >= 0.6 is 0 Å². The third kappa shape index (κ3) is 8.55. The highest BCUT2D eigenvalue weighted by molar-refractivity contribution is 4.73. The summed E-state index contributed by atoms with van der Waals surface area (Å²) in [6.45, 7) is 7.70. The molecule has 0 heterocycles. The van der Waals surface area contributed by atoms with Gasteiger partial charge in [-0.15, -0.1) is 0 Å². The van der Waals surface area contributed by atoms with Crippen LogP contribution in [0.4, 0.5) is 0 Å². The first-order valence-corrected chi connectivity index (χ1v) is 6.63. The Hall–Kier alpha value is -0.160. The Bertz CT molecular complexity index is 167. The normalized spacial score (nSPS) is 15.2. The van der Waals surface area contributed by atoms with Gasteiger partial charge in [0.1, 0.15) is 0 Å². The molecule has 2 unspecified atom stereocenters. The van der Waals surface area contributed by atoms with Crippen LogP contribution in [-0.4, -0.2) is 57.5 Å². The van der Waals surface area contributed by atoms with Crippen LogP contribution in [0.25, 0.3) is 0 Å². The van der Waals surface area contributed by atoms with E-state index in [9.17, 15) is 0 Å². The quantitative estimate of drug-likeness (QED) is 0.600. The number of hydrogen-bond donors (Lipinski definition) is 1. The lowest BCUT2D eigenvalue weighted by molar-refractivity contribution is 0.0707. The van der Waals surface area contributed by atoms with E-state index in [1.165, 1.54) is 12.8 Å². The summed E-state index contributed by atoms with van der Waals surface area (Å²) in [7, 11) is 3.47. The van der Waals surface area contributed by atoms with Crippen molar-refractivity contribution >= 4 is 0 Å². The lowest BCUT2D eigenvalue weighted by atomic mass is 10.1. The van der Waals surface area contributed by atoms with E-state index in [0.29, 0.717) is 6.04 Å². The molecule has 0 aliphatic heterocycles. The molecule has 0 amide bonds. The number of unbranched alkanes of at least 4 members (excludes halogenated alkanes) is 1. The van der Waals surface area contributed by atoms with Gasteiger partial charge >= 0.3 is 0 Å². The SMILES string of the molecule is CCCCC(N)CN(CCOC)C(C)COC. The van der Waals surface area contributed by atoms with Gasteiger partial charge < -0.3 is 15.2 Å². The fourth-order valence-electron chi connectivity index (χ4n) is 1.91. The van der Waals surface area contributed by atoms with Gasteiger partial charge in [0.25, 0.3) is 0 Å². The molecule has 2 N–H and O–H groups in total. The predicted molar refractivity (Wildman–Crippen MR) is 72.3 cm³/mol. The third-order valence-corrected chi connectivity index (χ3v) is 3.01. The van der Waals surface area contributed by atoms with Crippen molar-refractivity contribution in [2.75, 3.05) is 40.5 Å². The van der Waals surface area contributed by atoms with Crippen molar-refractivity contribution in [2.24, 2.45) is 5.73 Å². The molecule has 4 heteroatoms. The van der Waals surface area contributed by atoms with E-state index in [2.05, 4.69) is 18.7 Å². The third-order valence-electron chi connectivity index (χ3n) is 3.01. The molecule has 0 aromatic carbocycles. The highest BCUT2D eigenvalue weighted by Gasteiger charge is 2.16. The molecular formula is C13H30N2O2. The first kappa shape index (κ1) is 16.8. The number of methoxy groups -OCH3 is 2. The first-order chi connectivity index (χ1) is 8.15. The molecule has 0 saturated carbocycles. The molecule has 17 heavy (non-hydrogen) atoms. The molecule has 0 spiro atoms. The van der Waals surface area contributed by atoms with Crippen molar-refractivity contribution in [3.05, 3.63) is 0 Å². The molecular weight excluding hydrogens is 216 g/mol. The standard InChI is InChI=1S/C13H30N2O2/c1-5-6-7-13(14)10-15(8-9-16-3)12(2)11-17-4/h12-13H,5-11,14H2,1-4H3. The minimum atomic E-state index is 0.256. The largest absolute Gasteiger partial charge is 0.383 e. The molecule has 104 valence electrons. The molecule has 0 saturated heterocycles. The van der Waals surface area contributed by atoms with Gasteiger partial charge in [0.15, 0.2) is 0 Å². The average Bonchev–Trinajstić information content (AvgIpc) is 2.32. The topological polar surface area (TPSA) is 47.7 Å². The molecule has 0 rings (SSSR count). The van der Waals surface area contributed by atoms with E-state index in [4.69, 9.17) is 15.2 Å². The van der Waals surface area contributed by atoms with Crippen molar-refractivity contribution in [3.63, 3.8) is 0 Å². The number of rotatable bonds is 11. The van der Waals surface area contributed by atoms with Crippen molar-refractivity contribution in [1.82, 2.24) is 4.90 Å². The van der Waals surface area contributed by atoms with E-state index < -0.39 is 0 Å². The van der Waals surface area contributed by atoms with Gasteiger partial charge in [-0.1, -0.05) is 19.8 Å². The molecule has 4 nitrogen and oxygen atoms in total. The number of nitrogens with two attached hydrogens (primary N) is 1. The Morgan fingerprint density at radius 3 is 2.47 bits per heavy atom. The van der Waals surface area contributed by atoms with Gasteiger partial charge in [0.2, 0.25) is 0 Å². The summed E-state index contributed by atoms with van der Waals surface area (Å²) in [5, 5.41) is 0. The van der Waals surface area contributed by atoms with Crippen molar-refractivity contribution in [1.29, 1.82) is 0 Å². The number of hydrogen-bond acceptors (Lipinski definition) is 4. The molecule has 0 bridgehead atoms. The maximum atomic E-state index is 6.14. The summed E-state index contributed by atoms with van der Waals surface area (Å²) in [6, 6.07) is 0.647. The predicted octanol–water partition coefficient (Wildman–Crippen LogP) is 1.49. The van der Waals surface area contributed by atoms with Gasteiger partial charge in [-0.05, 0) is 13.3 Å². The molecule has 0 fully saturated rings. The van der Waals surface area contributed by atoms with E-state index in [0.717, 1.165) is 32.7 Å². The Morgan fingerprint density at radius 2 is 1.94 bits per heavy atom. The lowest BCUT2D eigenvalue weighted by Crippen LogP contribution is -2.45. The van der Waals surface area contributed by atoms with Gasteiger partial charge in [0.05, 0.1) is 13.2 Å². The summed E-state index contributed by atoms with van der Waals surface area (Å²) in [5.41, 5.74) is 6.14. The molecule has 0 radical (unpaired) electrons. The van der Waals surface area contributed by atoms with Crippen LogP contribution < -0.4 is 5.73 Å². The maximum Gasteiger partial charge on any atom is 0.0615 e. The van der Waals surface area contributed by atoms with Gasteiger partial charge in [0, 0.05) is 39.4 Å². The fourth-order valence-corrected chi connectivity index (χ4v) is 1.91. The summed E-state index contributed by atoms with van der Waals surface area (Å²) >= 11 is 0. The van der Waals surface area contributed by atoms with Gasteiger partial charge in [-0.3, -0.25) is 4.90 Å². The molecule has 0 aliphatic rings. The summed E-state index contributed by atoms with van der Waals surface area (Å²) in [4.78, 5) is 2.35.